The van der Waals surface area contributed by atoms with Crippen molar-refractivity contribution in [2.45, 2.75) is 19.5 Å². The van der Waals surface area contributed by atoms with Gasteiger partial charge < -0.3 is 14.8 Å². The number of halogens is 1. The van der Waals surface area contributed by atoms with Gasteiger partial charge in [0.15, 0.2) is 11.5 Å². The molecule has 33 heavy (non-hydrogen) atoms. The van der Waals surface area contributed by atoms with Crippen LogP contribution >= 0.6 is 11.6 Å². The fourth-order valence-corrected chi connectivity index (χ4v) is 4.32. The summed E-state index contributed by atoms with van der Waals surface area (Å²) >= 11 is 6.12. The van der Waals surface area contributed by atoms with E-state index in [1.54, 1.807) is 0 Å². The number of anilines is 1. The van der Waals surface area contributed by atoms with E-state index in [-0.39, 0.29) is 0 Å². The van der Waals surface area contributed by atoms with Crippen molar-refractivity contribution >= 4 is 28.2 Å². The number of nitrogens with zero attached hydrogens (tertiary/aromatic N) is 2. The van der Waals surface area contributed by atoms with Crippen molar-refractivity contribution < 1.29 is 9.47 Å². The van der Waals surface area contributed by atoms with Crippen LogP contribution in [-0.2, 0) is 13.1 Å². The zero-order chi connectivity index (χ0) is 22.5. The molecule has 6 heteroatoms. The van der Waals surface area contributed by atoms with Crippen LogP contribution in [0.25, 0.3) is 10.9 Å². The van der Waals surface area contributed by atoms with E-state index in [9.17, 15) is 0 Å². The number of benzene rings is 3. The van der Waals surface area contributed by atoms with Crippen LogP contribution in [0.4, 0.5) is 5.69 Å². The lowest BCUT2D eigenvalue weighted by Gasteiger charge is -2.23. The predicted molar refractivity (Wildman–Crippen MR) is 133 cm³/mol. The second-order valence-corrected chi connectivity index (χ2v) is 8.62. The zero-order valence-corrected chi connectivity index (χ0v) is 19.1. The molecule has 0 amide bonds. The Morgan fingerprint density at radius 1 is 0.879 bits per heavy atom. The summed E-state index contributed by atoms with van der Waals surface area (Å²) in [6.45, 7) is 3.88. The number of pyridine rings is 1. The van der Waals surface area contributed by atoms with Gasteiger partial charge in [-0.25, -0.2) is 0 Å². The van der Waals surface area contributed by atoms with E-state index in [2.05, 4.69) is 57.7 Å². The molecule has 0 aliphatic carbocycles. The maximum Gasteiger partial charge on any atom is 0.231 e. The molecule has 168 valence electrons. The van der Waals surface area contributed by atoms with Crippen molar-refractivity contribution in [2.24, 2.45) is 0 Å². The molecule has 2 heterocycles. The first-order valence-corrected chi connectivity index (χ1v) is 11.6. The highest BCUT2D eigenvalue weighted by atomic mass is 35.5. The van der Waals surface area contributed by atoms with Crippen molar-refractivity contribution in [2.75, 3.05) is 25.2 Å². The lowest BCUT2D eigenvalue weighted by Crippen LogP contribution is -2.25. The summed E-state index contributed by atoms with van der Waals surface area (Å²) in [4.78, 5) is 6.90. The van der Waals surface area contributed by atoms with E-state index in [1.165, 1.54) is 11.1 Å². The number of ether oxygens (including phenoxy) is 2. The monoisotopic (exact) mass is 459 g/mol. The Bertz CT molecular complexity index is 1230. The first-order chi connectivity index (χ1) is 16.2. The third-order valence-corrected chi connectivity index (χ3v) is 6.00. The molecule has 1 aromatic heterocycles. The molecule has 0 bridgehead atoms. The van der Waals surface area contributed by atoms with Crippen LogP contribution in [-0.4, -0.2) is 29.8 Å². The number of hydrogen-bond acceptors (Lipinski definition) is 5. The molecule has 0 fully saturated rings. The number of fused-ring (bicyclic) bond motifs is 2. The third kappa shape index (κ3) is 5.38. The van der Waals surface area contributed by atoms with Crippen molar-refractivity contribution in [1.82, 2.24) is 9.88 Å². The maximum atomic E-state index is 6.12. The maximum absolute atomic E-state index is 6.12. The summed E-state index contributed by atoms with van der Waals surface area (Å²) in [6.07, 6.45) is 2.83. The van der Waals surface area contributed by atoms with Gasteiger partial charge in [0.25, 0.3) is 0 Å². The van der Waals surface area contributed by atoms with E-state index in [4.69, 9.17) is 21.1 Å². The summed E-state index contributed by atoms with van der Waals surface area (Å²) in [5.74, 6) is 1.65. The molecule has 0 saturated heterocycles. The largest absolute Gasteiger partial charge is 0.454 e. The highest BCUT2D eigenvalue weighted by molar-refractivity contribution is 6.31. The Morgan fingerprint density at radius 3 is 2.64 bits per heavy atom. The highest BCUT2D eigenvalue weighted by Crippen LogP contribution is 2.33. The van der Waals surface area contributed by atoms with Crippen LogP contribution in [0.15, 0.2) is 79.0 Å². The quantitative estimate of drug-likeness (QED) is 0.305. The van der Waals surface area contributed by atoms with Crippen molar-refractivity contribution in [3.8, 4) is 11.5 Å². The lowest BCUT2D eigenvalue weighted by molar-refractivity contribution is 0.174. The zero-order valence-electron chi connectivity index (χ0n) is 18.3. The van der Waals surface area contributed by atoms with Crippen molar-refractivity contribution in [1.29, 1.82) is 0 Å². The van der Waals surface area contributed by atoms with Gasteiger partial charge in [-0.05, 0) is 53.9 Å². The Morgan fingerprint density at radius 2 is 1.73 bits per heavy atom. The molecule has 0 unspecified atom stereocenters. The van der Waals surface area contributed by atoms with Crippen LogP contribution in [0.5, 0.6) is 11.5 Å². The topological polar surface area (TPSA) is 46.6 Å². The van der Waals surface area contributed by atoms with Gasteiger partial charge in [0.05, 0.1) is 5.52 Å². The van der Waals surface area contributed by atoms with E-state index in [0.717, 1.165) is 60.7 Å². The fraction of sp³-hybridized carbons (Fsp3) is 0.222. The van der Waals surface area contributed by atoms with Gasteiger partial charge in [0.1, 0.15) is 0 Å². The fourth-order valence-electron chi connectivity index (χ4n) is 4.15. The van der Waals surface area contributed by atoms with Crippen LogP contribution in [0, 0.1) is 0 Å². The van der Waals surface area contributed by atoms with Crippen LogP contribution in [0.2, 0.25) is 5.02 Å². The van der Waals surface area contributed by atoms with Gasteiger partial charge in [-0.2, -0.15) is 0 Å². The molecule has 0 saturated carbocycles. The summed E-state index contributed by atoms with van der Waals surface area (Å²) in [6, 6.07) is 24.7. The normalized spacial score (nSPS) is 12.4. The molecular formula is C27H26ClN3O2. The first-order valence-electron chi connectivity index (χ1n) is 11.2. The Hall–Kier alpha value is -3.28. The van der Waals surface area contributed by atoms with E-state index >= 15 is 0 Å². The average Bonchev–Trinajstić information content (AvgIpc) is 3.30. The van der Waals surface area contributed by atoms with Crippen molar-refractivity contribution in [3.63, 3.8) is 0 Å². The van der Waals surface area contributed by atoms with Gasteiger partial charge in [0, 0.05) is 48.5 Å². The molecule has 5 rings (SSSR count). The van der Waals surface area contributed by atoms with Crippen LogP contribution in [0.1, 0.15) is 17.5 Å². The van der Waals surface area contributed by atoms with E-state index in [0.29, 0.717) is 11.8 Å². The summed E-state index contributed by atoms with van der Waals surface area (Å²) < 4.78 is 11.0. The number of hydrogen-bond donors (Lipinski definition) is 1. The van der Waals surface area contributed by atoms with Gasteiger partial charge in [-0.3, -0.25) is 9.88 Å². The third-order valence-electron chi connectivity index (χ3n) is 5.76. The summed E-state index contributed by atoms with van der Waals surface area (Å²) in [7, 11) is 0. The minimum absolute atomic E-state index is 0.300. The van der Waals surface area contributed by atoms with Crippen LogP contribution in [0.3, 0.4) is 0 Å². The summed E-state index contributed by atoms with van der Waals surface area (Å²) in [5, 5.41) is 5.37. The Kier molecular flexibility index (Phi) is 6.61. The molecule has 1 aliphatic heterocycles. The highest BCUT2D eigenvalue weighted by Gasteiger charge is 2.15. The van der Waals surface area contributed by atoms with E-state index in [1.807, 2.05) is 36.5 Å². The molecule has 3 aromatic carbocycles. The van der Waals surface area contributed by atoms with Crippen molar-refractivity contribution in [3.05, 3.63) is 95.1 Å². The Labute approximate surface area is 198 Å². The molecule has 0 radical (unpaired) electrons. The molecule has 0 atom stereocenters. The SMILES string of the molecule is Clc1ccc2c(NCCCN(Cc3ccccc3)Cc3ccc4c(c3)OCO4)ccnc2c1. The number of aromatic nitrogens is 1. The lowest BCUT2D eigenvalue weighted by atomic mass is 10.1. The molecule has 1 N–H and O–H groups in total. The minimum atomic E-state index is 0.300. The van der Waals surface area contributed by atoms with Gasteiger partial charge in [-0.15, -0.1) is 0 Å². The second kappa shape index (κ2) is 10.1. The molecule has 1 aliphatic rings. The van der Waals surface area contributed by atoms with Gasteiger partial charge in [0.2, 0.25) is 6.79 Å². The Balaban J connectivity index is 1.23. The minimum Gasteiger partial charge on any atom is -0.454 e. The average molecular weight is 460 g/mol. The smallest absolute Gasteiger partial charge is 0.231 e. The van der Waals surface area contributed by atoms with E-state index < -0.39 is 0 Å². The molecular weight excluding hydrogens is 434 g/mol. The second-order valence-electron chi connectivity index (χ2n) is 8.18. The number of rotatable bonds is 9. The molecule has 0 spiro atoms. The van der Waals surface area contributed by atoms with Crippen LogP contribution < -0.4 is 14.8 Å². The summed E-state index contributed by atoms with van der Waals surface area (Å²) in [5.41, 5.74) is 4.52. The predicted octanol–water partition coefficient (Wildman–Crippen LogP) is 6.12. The van der Waals surface area contributed by atoms with Gasteiger partial charge in [-0.1, -0.05) is 48.0 Å². The molecule has 4 aromatic rings. The standard InChI is InChI=1S/C27H26ClN3O2/c28-22-8-9-23-24(11-13-30-25(23)16-22)29-12-4-14-31(17-20-5-2-1-3-6-20)18-21-7-10-26-27(15-21)33-19-32-26/h1-3,5-11,13,15-16H,4,12,14,17-19H2,(H,29,30). The van der Waals surface area contributed by atoms with Gasteiger partial charge >= 0.3 is 0 Å². The number of nitrogens with one attached hydrogen (secondary N) is 1. The molecule has 5 nitrogen and oxygen atoms in total. The first kappa shape index (κ1) is 21.6.